The Morgan fingerprint density at radius 2 is 1.81 bits per heavy atom. The van der Waals surface area contributed by atoms with Gasteiger partial charge < -0.3 is 15.1 Å². The molecule has 0 radical (unpaired) electrons. The summed E-state index contributed by atoms with van der Waals surface area (Å²) in [6.07, 6.45) is 6.76. The summed E-state index contributed by atoms with van der Waals surface area (Å²) in [7, 11) is 3.30. The average molecular weight is 295 g/mol. The van der Waals surface area contributed by atoms with Crippen molar-refractivity contribution >= 4 is 17.7 Å². The van der Waals surface area contributed by atoms with Crippen LogP contribution in [0, 0.1) is 0 Å². The molecule has 1 saturated carbocycles. The second-order valence-electron chi connectivity index (χ2n) is 5.47. The van der Waals surface area contributed by atoms with E-state index in [1.54, 1.807) is 11.9 Å². The first-order valence-corrected chi connectivity index (χ1v) is 7.35. The van der Waals surface area contributed by atoms with Crippen molar-refractivity contribution in [2.24, 2.45) is 0 Å². The van der Waals surface area contributed by atoms with Crippen molar-refractivity contribution in [1.82, 2.24) is 15.1 Å². The number of nitrogens with one attached hydrogen (secondary N) is 1. The van der Waals surface area contributed by atoms with Gasteiger partial charge in [-0.05, 0) is 18.9 Å². The lowest BCUT2D eigenvalue weighted by Crippen LogP contribution is -2.46. The standard InChI is InChI=1S/C15H25N3O3/c1-4-14(20)17(2)11-13(19)16-10-15(21)18(3)12-8-6-5-7-9-12/h4,12H,1,5-11H2,2-3H3,(H,16,19). The van der Waals surface area contributed by atoms with E-state index in [1.165, 1.54) is 18.4 Å². The van der Waals surface area contributed by atoms with Gasteiger partial charge in [0.15, 0.2) is 0 Å². The number of likely N-dealkylation sites (N-methyl/N-ethyl adjacent to an activating group) is 2. The summed E-state index contributed by atoms with van der Waals surface area (Å²) in [5, 5.41) is 2.55. The molecule has 0 aromatic heterocycles. The van der Waals surface area contributed by atoms with Crippen molar-refractivity contribution in [1.29, 1.82) is 0 Å². The predicted octanol–water partition coefficient (Wildman–Crippen LogP) is 0.538. The molecular weight excluding hydrogens is 270 g/mol. The molecule has 21 heavy (non-hydrogen) atoms. The maximum atomic E-state index is 12.0. The molecule has 6 nitrogen and oxygen atoms in total. The molecule has 0 aliphatic heterocycles. The molecule has 1 fully saturated rings. The van der Waals surface area contributed by atoms with Crippen LogP contribution in [0.15, 0.2) is 12.7 Å². The van der Waals surface area contributed by atoms with Gasteiger partial charge in [-0.25, -0.2) is 0 Å². The van der Waals surface area contributed by atoms with E-state index in [0.717, 1.165) is 31.8 Å². The molecule has 0 spiro atoms. The maximum absolute atomic E-state index is 12.0. The minimum Gasteiger partial charge on any atom is -0.345 e. The zero-order valence-corrected chi connectivity index (χ0v) is 12.9. The van der Waals surface area contributed by atoms with Crippen molar-refractivity contribution in [3.8, 4) is 0 Å². The average Bonchev–Trinajstić information content (AvgIpc) is 2.51. The predicted molar refractivity (Wildman–Crippen MR) is 80.5 cm³/mol. The number of rotatable bonds is 6. The van der Waals surface area contributed by atoms with E-state index < -0.39 is 0 Å². The second-order valence-corrected chi connectivity index (χ2v) is 5.47. The molecule has 1 rings (SSSR count). The van der Waals surface area contributed by atoms with Gasteiger partial charge in [-0.1, -0.05) is 25.8 Å². The normalized spacial score (nSPS) is 15.1. The topological polar surface area (TPSA) is 69.7 Å². The van der Waals surface area contributed by atoms with E-state index in [9.17, 15) is 14.4 Å². The van der Waals surface area contributed by atoms with Gasteiger partial charge in [0.25, 0.3) is 0 Å². The summed E-state index contributed by atoms with van der Waals surface area (Å²) < 4.78 is 0. The van der Waals surface area contributed by atoms with Crippen molar-refractivity contribution in [2.75, 3.05) is 27.2 Å². The third-order valence-electron chi connectivity index (χ3n) is 3.88. The van der Waals surface area contributed by atoms with Gasteiger partial charge in [-0.2, -0.15) is 0 Å². The largest absolute Gasteiger partial charge is 0.345 e. The Balaban J connectivity index is 2.32. The van der Waals surface area contributed by atoms with Gasteiger partial charge in [0.2, 0.25) is 17.7 Å². The Morgan fingerprint density at radius 1 is 1.19 bits per heavy atom. The lowest BCUT2D eigenvalue weighted by Gasteiger charge is -2.31. The lowest BCUT2D eigenvalue weighted by atomic mass is 9.94. The third-order valence-corrected chi connectivity index (χ3v) is 3.88. The number of nitrogens with zero attached hydrogens (tertiary/aromatic N) is 2. The van der Waals surface area contributed by atoms with Gasteiger partial charge in [-0.15, -0.1) is 0 Å². The van der Waals surface area contributed by atoms with Crippen molar-refractivity contribution in [3.05, 3.63) is 12.7 Å². The van der Waals surface area contributed by atoms with Gasteiger partial charge in [0.05, 0.1) is 13.1 Å². The summed E-state index contributed by atoms with van der Waals surface area (Å²) in [5.74, 6) is -0.762. The van der Waals surface area contributed by atoms with Gasteiger partial charge >= 0.3 is 0 Å². The molecule has 1 aliphatic rings. The molecule has 0 atom stereocenters. The highest BCUT2D eigenvalue weighted by atomic mass is 16.2. The summed E-state index contributed by atoms with van der Waals surface area (Å²) in [6.45, 7) is 3.25. The van der Waals surface area contributed by atoms with E-state index in [2.05, 4.69) is 11.9 Å². The molecule has 0 aromatic rings. The van der Waals surface area contributed by atoms with Gasteiger partial charge in [-0.3, -0.25) is 14.4 Å². The van der Waals surface area contributed by atoms with E-state index >= 15 is 0 Å². The minimum absolute atomic E-state index is 0.0258. The zero-order valence-electron chi connectivity index (χ0n) is 12.9. The van der Waals surface area contributed by atoms with Crippen LogP contribution in [0.2, 0.25) is 0 Å². The summed E-state index contributed by atoms with van der Waals surface area (Å²) in [6, 6.07) is 0.285. The van der Waals surface area contributed by atoms with E-state index in [0.29, 0.717) is 0 Å². The first kappa shape index (κ1) is 17.2. The quantitative estimate of drug-likeness (QED) is 0.727. The summed E-state index contributed by atoms with van der Waals surface area (Å²) in [5.41, 5.74) is 0. The van der Waals surface area contributed by atoms with Crippen LogP contribution < -0.4 is 5.32 Å². The smallest absolute Gasteiger partial charge is 0.246 e. The SMILES string of the molecule is C=CC(=O)N(C)CC(=O)NCC(=O)N(C)C1CCCCC1. The van der Waals surface area contributed by atoms with Crippen molar-refractivity contribution < 1.29 is 14.4 Å². The van der Waals surface area contributed by atoms with E-state index in [-0.39, 0.29) is 36.9 Å². The fraction of sp³-hybridized carbons (Fsp3) is 0.667. The lowest BCUT2D eigenvalue weighted by molar-refractivity contribution is -0.135. The summed E-state index contributed by atoms with van der Waals surface area (Å²) >= 11 is 0. The Kier molecular flexibility index (Phi) is 6.91. The highest BCUT2D eigenvalue weighted by Gasteiger charge is 2.22. The molecule has 118 valence electrons. The van der Waals surface area contributed by atoms with Crippen LogP contribution in [0.1, 0.15) is 32.1 Å². The second kappa shape index (κ2) is 8.44. The molecular formula is C15H25N3O3. The number of carbonyl (C=O) groups excluding carboxylic acids is 3. The monoisotopic (exact) mass is 295 g/mol. The minimum atomic E-state index is -0.349. The van der Waals surface area contributed by atoms with Crippen LogP contribution in [0.3, 0.4) is 0 Å². The zero-order chi connectivity index (χ0) is 15.8. The Morgan fingerprint density at radius 3 is 2.38 bits per heavy atom. The van der Waals surface area contributed by atoms with Crippen LogP contribution >= 0.6 is 0 Å². The van der Waals surface area contributed by atoms with E-state index in [1.807, 2.05) is 0 Å². The molecule has 0 saturated heterocycles. The molecule has 6 heteroatoms. The van der Waals surface area contributed by atoms with Crippen LogP contribution in [-0.4, -0.2) is 60.7 Å². The first-order chi connectivity index (χ1) is 9.95. The van der Waals surface area contributed by atoms with Gasteiger partial charge in [0, 0.05) is 20.1 Å². The van der Waals surface area contributed by atoms with Crippen LogP contribution in [0.25, 0.3) is 0 Å². The Hall–Kier alpha value is -1.85. The number of hydrogen-bond acceptors (Lipinski definition) is 3. The van der Waals surface area contributed by atoms with Gasteiger partial charge in [0.1, 0.15) is 0 Å². The maximum Gasteiger partial charge on any atom is 0.246 e. The molecule has 0 heterocycles. The first-order valence-electron chi connectivity index (χ1n) is 7.35. The fourth-order valence-corrected chi connectivity index (χ4v) is 2.48. The number of carbonyl (C=O) groups is 3. The molecule has 0 unspecified atom stereocenters. The van der Waals surface area contributed by atoms with Crippen molar-refractivity contribution in [3.63, 3.8) is 0 Å². The number of amides is 3. The van der Waals surface area contributed by atoms with Crippen molar-refractivity contribution in [2.45, 2.75) is 38.1 Å². The highest BCUT2D eigenvalue weighted by Crippen LogP contribution is 2.21. The molecule has 0 aromatic carbocycles. The number of hydrogen-bond donors (Lipinski definition) is 1. The van der Waals surface area contributed by atoms with Crippen LogP contribution in [-0.2, 0) is 14.4 Å². The summed E-state index contributed by atoms with van der Waals surface area (Å²) in [4.78, 5) is 37.9. The Bertz CT molecular complexity index is 403. The molecule has 1 aliphatic carbocycles. The molecule has 0 bridgehead atoms. The van der Waals surface area contributed by atoms with Crippen LogP contribution in [0.4, 0.5) is 0 Å². The van der Waals surface area contributed by atoms with Crippen LogP contribution in [0.5, 0.6) is 0 Å². The highest BCUT2D eigenvalue weighted by molar-refractivity contribution is 5.91. The molecule has 1 N–H and O–H groups in total. The third kappa shape index (κ3) is 5.57. The molecule has 3 amide bonds. The van der Waals surface area contributed by atoms with E-state index in [4.69, 9.17) is 0 Å². The Labute approximate surface area is 126 Å². The fourth-order valence-electron chi connectivity index (χ4n) is 2.48.